The predicted octanol–water partition coefficient (Wildman–Crippen LogP) is 14.2. The second kappa shape index (κ2) is 29.7. The van der Waals surface area contributed by atoms with Crippen LogP contribution in [-0.2, 0) is 33.3 Å². The van der Waals surface area contributed by atoms with E-state index in [1.54, 1.807) is 27.0 Å². The third-order valence-corrected chi connectivity index (χ3v) is 20.1. The molecule has 2 aromatic rings. The number of carbonyl (C=O) groups is 8. The van der Waals surface area contributed by atoms with Gasteiger partial charge < -0.3 is 44.8 Å². The number of aromatic carboxylic acids is 2. The van der Waals surface area contributed by atoms with E-state index in [2.05, 4.69) is 113 Å². The topological polar surface area (TPSA) is 266 Å². The van der Waals surface area contributed by atoms with Crippen LogP contribution >= 0.6 is 23.5 Å². The molecule has 5 N–H and O–H groups in total. The van der Waals surface area contributed by atoms with Crippen LogP contribution in [0.15, 0.2) is 34.0 Å². The number of carboxylic acid groups (broad SMARTS) is 2. The first-order valence-electron chi connectivity index (χ1n) is 31.4. The number of nitrogens with one attached hydrogen (secondary N) is 3. The molecule has 6 unspecified atom stereocenters. The highest BCUT2D eigenvalue weighted by Crippen LogP contribution is 2.52. The number of hydrogen-bond acceptors (Lipinski definition) is 15. The van der Waals surface area contributed by atoms with Crippen molar-refractivity contribution in [2.24, 2.45) is 68.1 Å². The molecule has 2 amide bonds. The van der Waals surface area contributed by atoms with Crippen molar-refractivity contribution in [2.75, 3.05) is 37.1 Å². The molecule has 0 bridgehead atoms. The van der Waals surface area contributed by atoms with Gasteiger partial charge in [-0.1, -0.05) is 125 Å². The molecule has 1 aliphatic heterocycles. The Morgan fingerprint density at radius 3 is 1.46 bits per heavy atom. The number of methoxy groups -OCH3 is 1. The minimum Gasteiger partial charge on any atom is -0.478 e. The summed E-state index contributed by atoms with van der Waals surface area (Å²) in [6, 6.07) is 1.64. The summed E-state index contributed by atoms with van der Waals surface area (Å²) >= 11 is 2.50. The van der Waals surface area contributed by atoms with E-state index in [9.17, 15) is 39.0 Å². The van der Waals surface area contributed by atoms with E-state index in [1.165, 1.54) is 11.8 Å². The quantitative estimate of drug-likeness (QED) is 0.0317. The number of esters is 3. The number of allylic oxidation sites excluding steroid dienone is 1. The SMILES string of the molecule is COCCSC(C)C(=O)Nc1[nH]c(C=C2N=C(NC(=O)C(C)SCCOC(=O)c3cc(C(=O)O)c(C(C)=O)cc3C(=O)O)C(C(=O)OC3C(C(C)(C)C)CC(C)CC3C(C)(C)C)=C2C(C)C)c(C(C)C)c1C(=O)OC1C(C(C)(C)C)CC(C)CC1C(C)(C)C. The molecular weight excluding hydrogens is 1170 g/mol. The molecule has 1 aromatic heterocycles. The van der Waals surface area contributed by atoms with Crippen molar-refractivity contribution in [3.63, 3.8) is 0 Å². The highest BCUT2D eigenvalue weighted by molar-refractivity contribution is 8.00. The number of hydrogen-bond donors (Lipinski definition) is 5. The van der Waals surface area contributed by atoms with Gasteiger partial charge in [0, 0.05) is 53.5 Å². The maximum Gasteiger partial charge on any atom is 0.342 e. The van der Waals surface area contributed by atoms with Crippen LogP contribution in [0.25, 0.3) is 6.08 Å². The Balaban J connectivity index is 1.66. The Labute approximate surface area is 536 Å². The molecule has 20 heteroatoms. The summed E-state index contributed by atoms with van der Waals surface area (Å²) in [5.41, 5.74) is -1.03. The van der Waals surface area contributed by atoms with Gasteiger partial charge in [-0.2, -0.15) is 0 Å². The number of aliphatic imine (C=N–C) groups is 1. The van der Waals surface area contributed by atoms with Crippen molar-refractivity contribution >= 4 is 88.7 Å². The molecule has 0 radical (unpaired) electrons. The minimum absolute atomic E-state index is 0.0226. The number of aromatic amines is 1. The second-order valence-corrected chi connectivity index (χ2v) is 32.7. The summed E-state index contributed by atoms with van der Waals surface area (Å²) in [6.45, 7) is 43.0. The maximum absolute atomic E-state index is 15.6. The molecule has 6 atom stereocenters. The lowest BCUT2D eigenvalue weighted by molar-refractivity contribution is -0.164. The fourth-order valence-electron chi connectivity index (χ4n) is 13.0. The van der Waals surface area contributed by atoms with Crippen LogP contribution in [0, 0.1) is 63.1 Å². The number of ketones is 1. The number of H-pyrrole nitrogens is 1. The predicted molar refractivity (Wildman–Crippen MR) is 353 cm³/mol. The second-order valence-electron chi connectivity index (χ2n) is 29.8. The standard InChI is InChI=1S/C69H102N4O14S2/c1-34(2)51-49(70-57(72-59(75)39(8)88-25-23-84-22)53(51)64(82)86-55-45(66(10,11)12)27-36(5)28-46(55)67(13,14)15)33-50-52(35(3)4)54(65(83)87-56-47(68(16,17)18)29-37(6)30-48(56)69(19,20)21)58(71-50)73-60(76)40(9)89-26-24-85-63(81)44-32-42(61(77)78)41(38(7)74)31-43(44)62(79)80/h31-37,39-40,45-48,55-56,70H,23-30H2,1-22H3,(H,72,75)(H,77,78)(H,79,80)(H,71,73,76). The number of rotatable bonds is 22. The van der Waals surface area contributed by atoms with E-state index in [0.717, 1.165) is 56.5 Å². The Morgan fingerprint density at radius 1 is 0.618 bits per heavy atom. The van der Waals surface area contributed by atoms with Crippen LogP contribution in [0.2, 0.25) is 0 Å². The Kier molecular flexibility index (Phi) is 24.7. The Bertz CT molecular complexity index is 3040. The molecule has 2 aliphatic carbocycles. The van der Waals surface area contributed by atoms with Gasteiger partial charge in [0.15, 0.2) is 5.78 Å². The van der Waals surface area contributed by atoms with Gasteiger partial charge in [-0.05, 0) is 121 Å². The number of Topliss-reactive ketones (excluding diaryl/α,β-unsaturated/α-hetero) is 1. The van der Waals surface area contributed by atoms with Gasteiger partial charge >= 0.3 is 29.8 Å². The molecule has 0 spiro atoms. The summed E-state index contributed by atoms with van der Waals surface area (Å²) < 4.78 is 24.5. The molecular formula is C69H102N4O14S2. The number of amidine groups is 1. The minimum atomic E-state index is -1.57. The van der Waals surface area contributed by atoms with Crippen LogP contribution in [0.1, 0.15) is 240 Å². The van der Waals surface area contributed by atoms with E-state index in [4.69, 9.17) is 23.9 Å². The first-order chi connectivity index (χ1) is 41.0. The van der Waals surface area contributed by atoms with Gasteiger partial charge in [-0.25, -0.2) is 29.0 Å². The third kappa shape index (κ3) is 18.3. The molecule has 494 valence electrons. The van der Waals surface area contributed by atoms with E-state index in [-0.39, 0.29) is 97.9 Å². The fourth-order valence-corrected chi connectivity index (χ4v) is 14.6. The smallest absolute Gasteiger partial charge is 0.342 e. The van der Waals surface area contributed by atoms with Crippen LogP contribution in [0.5, 0.6) is 0 Å². The summed E-state index contributed by atoms with van der Waals surface area (Å²) in [7, 11) is 1.60. The highest BCUT2D eigenvalue weighted by atomic mass is 32.2. The lowest BCUT2D eigenvalue weighted by Gasteiger charge is -2.50. The third-order valence-electron chi connectivity index (χ3n) is 17.9. The molecule has 2 fully saturated rings. The molecule has 5 rings (SSSR count). The summed E-state index contributed by atoms with van der Waals surface area (Å²) in [5.74, 6) is -6.38. The number of aromatic nitrogens is 1. The first kappa shape index (κ1) is 74.0. The van der Waals surface area contributed by atoms with E-state index < -0.39 is 86.9 Å². The zero-order valence-corrected chi connectivity index (χ0v) is 58.5. The number of ether oxygens (including phenoxy) is 4. The summed E-state index contributed by atoms with van der Waals surface area (Å²) in [4.78, 5) is 118. The van der Waals surface area contributed by atoms with Gasteiger partial charge in [-0.15, -0.1) is 23.5 Å². The Morgan fingerprint density at radius 2 is 1.04 bits per heavy atom. The Hall–Kier alpha value is -5.73. The average molecular weight is 1280 g/mol. The van der Waals surface area contributed by atoms with Gasteiger partial charge in [0.1, 0.15) is 41.6 Å². The van der Waals surface area contributed by atoms with Crippen LogP contribution in [0.3, 0.4) is 0 Å². The number of nitrogens with zero attached hydrogens (tertiary/aromatic N) is 1. The normalized spacial score (nSPS) is 23.0. The number of thioether (sulfide) groups is 2. The van der Waals surface area contributed by atoms with Crippen LogP contribution in [0.4, 0.5) is 5.82 Å². The zero-order valence-electron chi connectivity index (χ0n) is 56.9. The van der Waals surface area contributed by atoms with Crippen molar-refractivity contribution in [2.45, 2.75) is 200 Å². The monoisotopic (exact) mass is 1270 g/mol. The molecule has 1 aromatic carbocycles. The molecule has 89 heavy (non-hydrogen) atoms. The molecule has 3 aliphatic rings. The molecule has 2 saturated carbocycles. The average Bonchev–Trinajstić information content (AvgIpc) is 1.79. The lowest BCUT2D eigenvalue weighted by Crippen LogP contribution is -2.50. The van der Waals surface area contributed by atoms with E-state index in [1.807, 2.05) is 27.7 Å². The summed E-state index contributed by atoms with van der Waals surface area (Å²) in [6.07, 6.45) is 4.21. The van der Waals surface area contributed by atoms with Crippen molar-refractivity contribution < 1.29 is 67.5 Å². The number of carbonyl (C=O) groups excluding carboxylic acids is 6. The molecule has 2 heterocycles. The number of benzene rings is 1. The van der Waals surface area contributed by atoms with Crippen molar-refractivity contribution in [3.8, 4) is 0 Å². The van der Waals surface area contributed by atoms with Gasteiger partial charge in [0.2, 0.25) is 11.8 Å². The van der Waals surface area contributed by atoms with E-state index >= 15 is 9.59 Å². The largest absolute Gasteiger partial charge is 0.478 e. The lowest BCUT2D eigenvalue weighted by atomic mass is 9.59. The van der Waals surface area contributed by atoms with E-state index in [0.29, 0.717) is 46.7 Å². The molecule has 0 saturated heterocycles. The fraction of sp³-hybridized carbons (Fsp3) is 0.667. The zero-order chi connectivity index (χ0) is 67.3. The van der Waals surface area contributed by atoms with Gasteiger partial charge in [-0.3, -0.25) is 14.4 Å². The number of carboxylic acids is 2. The van der Waals surface area contributed by atoms with Gasteiger partial charge in [0.25, 0.3) is 0 Å². The van der Waals surface area contributed by atoms with Crippen LogP contribution in [-0.4, -0.2) is 123 Å². The van der Waals surface area contributed by atoms with Crippen LogP contribution < -0.4 is 10.6 Å². The molecule has 18 nitrogen and oxygen atoms in total. The number of anilines is 1. The van der Waals surface area contributed by atoms with Crippen molar-refractivity contribution in [1.82, 2.24) is 10.3 Å². The number of amides is 2. The first-order valence-corrected chi connectivity index (χ1v) is 33.5. The summed E-state index contributed by atoms with van der Waals surface area (Å²) in [5, 5.41) is 24.3. The van der Waals surface area contributed by atoms with Crippen molar-refractivity contribution in [1.29, 1.82) is 0 Å². The van der Waals surface area contributed by atoms with Crippen molar-refractivity contribution in [3.05, 3.63) is 68.1 Å². The van der Waals surface area contributed by atoms with Gasteiger partial charge in [0.05, 0.1) is 39.5 Å². The highest BCUT2D eigenvalue weighted by Gasteiger charge is 2.51. The maximum atomic E-state index is 15.6.